The molecule has 0 radical (unpaired) electrons. The molecule has 0 saturated heterocycles. The summed E-state index contributed by atoms with van der Waals surface area (Å²) in [6.45, 7) is 1.69. The molecule has 0 N–H and O–H groups in total. The van der Waals surface area contributed by atoms with Gasteiger partial charge in [0.15, 0.2) is 0 Å². The molecule has 1 rings (SSSR count). The molecule has 0 unspecified atom stereocenters. The van der Waals surface area contributed by atoms with E-state index in [1.807, 2.05) is 6.07 Å². The molecular formula is C8H9NO2. The van der Waals surface area contributed by atoms with Crippen LogP contribution in [-0.2, 0) is 16.1 Å². The molecule has 0 atom stereocenters. The number of carbonyl (C=O) groups is 1. The largest absolute Gasteiger partial charge is 0.461 e. The number of pyridine rings is 1. The molecule has 3 heteroatoms. The summed E-state index contributed by atoms with van der Waals surface area (Å²) >= 11 is 0. The minimum atomic E-state index is -0.270. The van der Waals surface area contributed by atoms with E-state index in [1.165, 1.54) is 6.92 Å². The van der Waals surface area contributed by atoms with E-state index in [-0.39, 0.29) is 5.97 Å². The summed E-state index contributed by atoms with van der Waals surface area (Å²) in [5.74, 6) is -0.270. The Hall–Kier alpha value is -1.38. The monoisotopic (exact) mass is 151 g/mol. The minimum Gasteiger partial charge on any atom is -0.461 e. The first-order chi connectivity index (χ1) is 5.29. The molecule has 11 heavy (non-hydrogen) atoms. The van der Waals surface area contributed by atoms with Gasteiger partial charge in [-0.3, -0.25) is 9.78 Å². The Morgan fingerprint density at radius 1 is 1.73 bits per heavy atom. The average molecular weight is 151 g/mol. The number of esters is 1. The Labute approximate surface area is 65.0 Å². The van der Waals surface area contributed by atoms with Crippen molar-refractivity contribution in [3.8, 4) is 0 Å². The van der Waals surface area contributed by atoms with Crippen molar-refractivity contribution in [1.82, 2.24) is 4.98 Å². The van der Waals surface area contributed by atoms with Gasteiger partial charge < -0.3 is 4.74 Å². The maximum absolute atomic E-state index is 10.4. The molecule has 0 saturated carbocycles. The zero-order valence-electron chi connectivity index (χ0n) is 6.28. The summed E-state index contributed by atoms with van der Waals surface area (Å²) in [4.78, 5) is 14.2. The van der Waals surface area contributed by atoms with E-state index >= 15 is 0 Å². The average Bonchev–Trinajstić information content (AvgIpc) is 2.03. The molecule has 0 spiro atoms. The molecule has 0 fully saturated rings. The number of hydrogen-bond acceptors (Lipinski definition) is 3. The molecular weight excluding hydrogens is 142 g/mol. The lowest BCUT2D eigenvalue weighted by Gasteiger charge is -1.99. The quantitative estimate of drug-likeness (QED) is 0.595. The number of aromatic nitrogens is 1. The Morgan fingerprint density at radius 3 is 3.09 bits per heavy atom. The van der Waals surface area contributed by atoms with E-state index in [2.05, 4.69) is 4.98 Å². The Bertz CT molecular complexity index is 233. The summed E-state index contributed by atoms with van der Waals surface area (Å²) in [6, 6.07) is 3.66. The van der Waals surface area contributed by atoms with Gasteiger partial charge in [0.2, 0.25) is 0 Å². The highest BCUT2D eigenvalue weighted by Crippen LogP contribution is 1.97. The van der Waals surface area contributed by atoms with Crippen LogP contribution in [0.3, 0.4) is 0 Å². The van der Waals surface area contributed by atoms with Gasteiger partial charge in [-0.1, -0.05) is 6.07 Å². The van der Waals surface area contributed by atoms with Crippen molar-refractivity contribution >= 4 is 5.97 Å². The molecule has 0 aliphatic carbocycles. The second kappa shape index (κ2) is 3.71. The number of carbonyl (C=O) groups excluding carboxylic acids is 1. The van der Waals surface area contributed by atoms with Gasteiger partial charge in [0.05, 0.1) is 0 Å². The number of rotatable bonds is 2. The third-order valence-corrected chi connectivity index (χ3v) is 1.16. The van der Waals surface area contributed by atoms with E-state index in [4.69, 9.17) is 4.74 Å². The van der Waals surface area contributed by atoms with Crippen LogP contribution in [0.25, 0.3) is 0 Å². The lowest BCUT2D eigenvalue weighted by atomic mass is 10.3. The summed E-state index contributed by atoms with van der Waals surface area (Å²) in [7, 11) is 0. The maximum Gasteiger partial charge on any atom is 0.302 e. The van der Waals surface area contributed by atoms with E-state index < -0.39 is 0 Å². The van der Waals surface area contributed by atoms with Crippen LogP contribution in [0.4, 0.5) is 0 Å². The normalized spacial score (nSPS) is 9.18. The van der Waals surface area contributed by atoms with Crippen LogP contribution in [-0.4, -0.2) is 11.0 Å². The Morgan fingerprint density at radius 2 is 2.55 bits per heavy atom. The van der Waals surface area contributed by atoms with Gasteiger partial charge in [-0.2, -0.15) is 0 Å². The third-order valence-electron chi connectivity index (χ3n) is 1.16. The van der Waals surface area contributed by atoms with Crippen LogP contribution in [0, 0.1) is 0 Å². The molecule has 0 amide bonds. The SMILES string of the molecule is CC(=O)OCc1cccnc1. The second-order valence-electron chi connectivity index (χ2n) is 2.14. The van der Waals surface area contributed by atoms with Crippen molar-refractivity contribution in [1.29, 1.82) is 0 Å². The molecule has 1 aromatic heterocycles. The molecule has 0 bridgehead atoms. The van der Waals surface area contributed by atoms with Crippen LogP contribution in [0.15, 0.2) is 24.5 Å². The fourth-order valence-corrected chi connectivity index (χ4v) is 0.668. The molecule has 1 aromatic rings. The van der Waals surface area contributed by atoms with E-state index in [1.54, 1.807) is 18.5 Å². The highest BCUT2D eigenvalue weighted by molar-refractivity contribution is 5.65. The van der Waals surface area contributed by atoms with Crippen molar-refractivity contribution < 1.29 is 9.53 Å². The van der Waals surface area contributed by atoms with Crippen molar-refractivity contribution in [3.63, 3.8) is 0 Å². The van der Waals surface area contributed by atoms with Crippen LogP contribution in [0.5, 0.6) is 0 Å². The third kappa shape index (κ3) is 2.80. The van der Waals surface area contributed by atoms with Crippen LogP contribution < -0.4 is 0 Å². The molecule has 1 heterocycles. The minimum absolute atomic E-state index is 0.270. The van der Waals surface area contributed by atoms with Crippen LogP contribution in [0.2, 0.25) is 0 Å². The van der Waals surface area contributed by atoms with Gasteiger partial charge in [0.25, 0.3) is 0 Å². The Balaban J connectivity index is 2.45. The van der Waals surface area contributed by atoms with Gasteiger partial charge in [-0.25, -0.2) is 0 Å². The predicted molar refractivity (Wildman–Crippen MR) is 39.7 cm³/mol. The lowest BCUT2D eigenvalue weighted by Crippen LogP contribution is -1.98. The van der Waals surface area contributed by atoms with Crippen molar-refractivity contribution in [2.75, 3.05) is 0 Å². The van der Waals surface area contributed by atoms with Crippen molar-refractivity contribution in [2.45, 2.75) is 13.5 Å². The zero-order chi connectivity index (χ0) is 8.10. The summed E-state index contributed by atoms with van der Waals surface area (Å²) < 4.78 is 4.75. The summed E-state index contributed by atoms with van der Waals surface area (Å²) in [6.07, 6.45) is 3.35. The van der Waals surface area contributed by atoms with Gasteiger partial charge in [-0.15, -0.1) is 0 Å². The fraction of sp³-hybridized carbons (Fsp3) is 0.250. The number of ether oxygens (including phenoxy) is 1. The molecule has 3 nitrogen and oxygen atoms in total. The molecule has 0 aliphatic rings. The van der Waals surface area contributed by atoms with E-state index in [9.17, 15) is 4.79 Å². The van der Waals surface area contributed by atoms with Crippen LogP contribution >= 0.6 is 0 Å². The molecule has 0 aliphatic heterocycles. The maximum atomic E-state index is 10.4. The van der Waals surface area contributed by atoms with Gasteiger partial charge >= 0.3 is 5.97 Å². The second-order valence-corrected chi connectivity index (χ2v) is 2.14. The summed E-state index contributed by atoms with van der Waals surface area (Å²) in [5.41, 5.74) is 0.905. The number of hydrogen-bond donors (Lipinski definition) is 0. The van der Waals surface area contributed by atoms with Crippen LogP contribution in [0.1, 0.15) is 12.5 Å². The fourth-order valence-electron chi connectivity index (χ4n) is 0.668. The van der Waals surface area contributed by atoms with E-state index in [0.29, 0.717) is 6.61 Å². The van der Waals surface area contributed by atoms with Gasteiger partial charge in [0.1, 0.15) is 6.61 Å². The zero-order valence-corrected chi connectivity index (χ0v) is 6.28. The topological polar surface area (TPSA) is 39.2 Å². The highest BCUT2D eigenvalue weighted by atomic mass is 16.5. The smallest absolute Gasteiger partial charge is 0.302 e. The first-order valence-corrected chi connectivity index (χ1v) is 3.31. The van der Waals surface area contributed by atoms with Crippen molar-refractivity contribution in [2.24, 2.45) is 0 Å². The van der Waals surface area contributed by atoms with E-state index in [0.717, 1.165) is 5.56 Å². The standard InChI is InChI=1S/C8H9NO2/c1-7(10)11-6-8-3-2-4-9-5-8/h2-5H,6H2,1H3. The highest BCUT2D eigenvalue weighted by Gasteiger charge is 1.93. The Kier molecular flexibility index (Phi) is 2.60. The first-order valence-electron chi connectivity index (χ1n) is 3.31. The van der Waals surface area contributed by atoms with Gasteiger partial charge in [0, 0.05) is 24.9 Å². The lowest BCUT2D eigenvalue weighted by molar-refractivity contribution is -0.142. The molecule has 58 valence electrons. The van der Waals surface area contributed by atoms with Crippen molar-refractivity contribution in [3.05, 3.63) is 30.1 Å². The number of nitrogens with zero attached hydrogens (tertiary/aromatic N) is 1. The first kappa shape index (κ1) is 7.72. The molecule has 0 aromatic carbocycles. The summed E-state index contributed by atoms with van der Waals surface area (Å²) in [5, 5.41) is 0. The predicted octanol–water partition coefficient (Wildman–Crippen LogP) is 1.14. The van der Waals surface area contributed by atoms with Gasteiger partial charge in [-0.05, 0) is 6.07 Å².